The van der Waals surface area contributed by atoms with Crippen molar-refractivity contribution >= 4 is 0 Å². The van der Waals surface area contributed by atoms with E-state index in [9.17, 15) is 0 Å². The lowest BCUT2D eigenvalue weighted by Crippen LogP contribution is -2.04. The van der Waals surface area contributed by atoms with Crippen LogP contribution in [0, 0.1) is 6.92 Å². The Kier molecular flexibility index (Phi) is 11.9. The molecule has 0 saturated heterocycles. The fourth-order valence-electron chi connectivity index (χ4n) is 1.28. The Labute approximate surface area is 95.3 Å². The topological polar surface area (TPSA) is 18.5 Å². The standard InChI is InChI=1S/C13H27O2/c1-4-5-7-10-14-11-8-6-9-12-15-13(2)3/h13H,1,4-12H2,2-3H3. The number of rotatable bonds is 11. The van der Waals surface area contributed by atoms with Crippen molar-refractivity contribution in [2.24, 2.45) is 0 Å². The van der Waals surface area contributed by atoms with E-state index in [0.29, 0.717) is 6.10 Å². The molecule has 0 aromatic rings. The van der Waals surface area contributed by atoms with Gasteiger partial charge in [-0.05, 0) is 39.5 Å². The summed E-state index contributed by atoms with van der Waals surface area (Å²) in [6.07, 6.45) is 7.25. The molecule has 0 aliphatic rings. The lowest BCUT2D eigenvalue weighted by Gasteiger charge is -2.07. The molecule has 0 heterocycles. The molecule has 0 bridgehead atoms. The SMILES string of the molecule is [CH2]CCCCOCCCCCOC(C)C. The Morgan fingerprint density at radius 2 is 1.47 bits per heavy atom. The Balaban J connectivity index is 2.87. The molecule has 91 valence electrons. The van der Waals surface area contributed by atoms with Gasteiger partial charge in [0.25, 0.3) is 0 Å². The summed E-state index contributed by atoms with van der Waals surface area (Å²) in [5.41, 5.74) is 0. The predicted octanol–water partition coefficient (Wildman–Crippen LogP) is 3.60. The molecule has 0 aliphatic carbocycles. The molecule has 0 N–H and O–H groups in total. The van der Waals surface area contributed by atoms with Crippen molar-refractivity contribution in [3.05, 3.63) is 6.92 Å². The number of ether oxygens (including phenoxy) is 2. The van der Waals surface area contributed by atoms with E-state index < -0.39 is 0 Å². The molecular formula is C13H27O2. The fourth-order valence-corrected chi connectivity index (χ4v) is 1.28. The molecule has 0 saturated carbocycles. The smallest absolute Gasteiger partial charge is 0.0518 e. The molecule has 0 unspecified atom stereocenters. The van der Waals surface area contributed by atoms with Crippen LogP contribution in [-0.4, -0.2) is 25.9 Å². The van der Waals surface area contributed by atoms with Gasteiger partial charge >= 0.3 is 0 Å². The molecule has 0 rings (SSSR count). The van der Waals surface area contributed by atoms with Gasteiger partial charge in [-0.3, -0.25) is 0 Å². The zero-order valence-corrected chi connectivity index (χ0v) is 10.5. The van der Waals surface area contributed by atoms with Crippen LogP contribution >= 0.6 is 0 Å². The summed E-state index contributed by atoms with van der Waals surface area (Å²) < 4.78 is 10.9. The Morgan fingerprint density at radius 3 is 2.07 bits per heavy atom. The van der Waals surface area contributed by atoms with E-state index in [2.05, 4.69) is 20.8 Å². The van der Waals surface area contributed by atoms with Crippen LogP contribution in [0.5, 0.6) is 0 Å². The van der Waals surface area contributed by atoms with Crippen LogP contribution in [0.1, 0.15) is 52.4 Å². The second kappa shape index (κ2) is 12.0. The van der Waals surface area contributed by atoms with E-state index in [-0.39, 0.29) is 0 Å². The van der Waals surface area contributed by atoms with Gasteiger partial charge in [-0.15, -0.1) is 0 Å². The van der Waals surface area contributed by atoms with Crippen molar-refractivity contribution in [2.45, 2.75) is 58.5 Å². The van der Waals surface area contributed by atoms with Gasteiger partial charge in [-0.2, -0.15) is 0 Å². The van der Waals surface area contributed by atoms with Crippen LogP contribution in [-0.2, 0) is 9.47 Å². The quantitative estimate of drug-likeness (QED) is 0.490. The Morgan fingerprint density at radius 1 is 0.867 bits per heavy atom. The van der Waals surface area contributed by atoms with Crippen molar-refractivity contribution in [1.82, 2.24) is 0 Å². The maximum Gasteiger partial charge on any atom is 0.0518 e. The average molecular weight is 215 g/mol. The fraction of sp³-hybridized carbons (Fsp3) is 0.923. The summed E-state index contributed by atoms with van der Waals surface area (Å²) in [6, 6.07) is 0. The molecular weight excluding hydrogens is 188 g/mol. The second-order valence-electron chi connectivity index (χ2n) is 4.15. The summed E-state index contributed by atoms with van der Waals surface area (Å²) in [6.45, 7) is 10.6. The number of unbranched alkanes of at least 4 members (excludes halogenated alkanes) is 4. The molecule has 2 nitrogen and oxygen atoms in total. The van der Waals surface area contributed by atoms with Gasteiger partial charge in [0, 0.05) is 19.8 Å². The third kappa shape index (κ3) is 13.9. The highest BCUT2D eigenvalue weighted by Crippen LogP contribution is 2.00. The molecule has 0 spiro atoms. The van der Waals surface area contributed by atoms with E-state index in [4.69, 9.17) is 9.47 Å². The monoisotopic (exact) mass is 215 g/mol. The van der Waals surface area contributed by atoms with Crippen LogP contribution in [0.4, 0.5) is 0 Å². The highest BCUT2D eigenvalue weighted by atomic mass is 16.5. The van der Waals surface area contributed by atoms with Gasteiger partial charge < -0.3 is 9.47 Å². The minimum absolute atomic E-state index is 0.365. The summed E-state index contributed by atoms with van der Waals surface area (Å²) in [4.78, 5) is 0. The maximum atomic E-state index is 5.49. The third-order valence-electron chi connectivity index (χ3n) is 2.17. The van der Waals surface area contributed by atoms with Gasteiger partial charge in [0.1, 0.15) is 0 Å². The Hall–Kier alpha value is -0.0800. The van der Waals surface area contributed by atoms with Gasteiger partial charge in [-0.25, -0.2) is 0 Å². The first-order valence-corrected chi connectivity index (χ1v) is 6.26. The van der Waals surface area contributed by atoms with E-state index in [1.807, 2.05) is 0 Å². The highest BCUT2D eigenvalue weighted by Gasteiger charge is 1.94. The number of hydrogen-bond acceptors (Lipinski definition) is 2. The highest BCUT2D eigenvalue weighted by molar-refractivity contribution is 4.44. The molecule has 15 heavy (non-hydrogen) atoms. The molecule has 0 atom stereocenters. The van der Waals surface area contributed by atoms with Crippen molar-refractivity contribution in [2.75, 3.05) is 19.8 Å². The summed E-state index contributed by atoms with van der Waals surface area (Å²) >= 11 is 0. The van der Waals surface area contributed by atoms with Crippen LogP contribution in [0.2, 0.25) is 0 Å². The van der Waals surface area contributed by atoms with Crippen molar-refractivity contribution < 1.29 is 9.47 Å². The maximum absolute atomic E-state index is 5.49. The van der Waals surface area contributed by atoms with Crippen LogP contribution < -0.4 is 0 Å². The van der Waals surface area contributed by atoms with E-state index in [1.54, 1.807) is 0 Å². The molecule has 1 radical (unpaired) electrons. The van der Waals surface area contributed by atoms with Gasteiger partial charge in [0.2, 0.25) is 0 Å². The minimum atomic E-state index is 0.365. The summed E-state index contributed by atoms with van der Waals surface area (Å²) in [5.74, 6) is 0. The number of hydrogen-bond donors (Lipinski definition) is 0. The van der Waals surface area contributed by atoms with E-state index >= 15 is 0 Å². The molecule has 0 aliphatic heterocycles. The molecule has 0 aromatic carbocycles. The summed E-state index contributed by atoms with van der Waals surface area (Å²) in [7, 11) is 0. The van der Waals surface area contributed by atoms with E-state index in [0.717, 1.165) is 45.5 Å². The molecule has 2 heteroatoms. The van der Waals surface area contributed by atoms with Crippen LogP contribution in [0.25, 0.3) is 0 Å². The summed E-state index contributed by atoms with van der Waals surface area (Å²) in [5, 5.41) is 0. The largest absolute Gasteiger partial charge is 0.381 e. The van der Waals surface area contributed by atoms with E-state index in [1.165, 1.54) is 12.8 Å². The zero-order valence-electron chi connectivity index (χ0n) is 10.5. The van der Waals surface area contributed by atoms with Crippen molar-refractivity contribution in [3.63, 3.8) is 0 Å². The van der Waals surface area contributed by atoms with Gasteiger partial charge in [0.15, 0.2) is 0 Å². The first-order chi connectivity index (χ1) is 7.27. The second-order valence-corrected chi connectivity index (χ2v) is 4.15. The van der Waals surface area contributed by atoms with Crippen LogP contribution in [0.3, 0.4) is 0 Å². The molecule has 0 fully saturated rings. The third-order valence-corrected chi connectivity index (χ3v) is 2.17. The van der Waals surface area contributed by atoms with Crippen molar-refractivity contribution in [1.29, 1.82) is 0 Å². The Bertz CT molecular complexity index is 113. The first-order valence-electron chi connectivity index (χ1n) is 6.26. The van der Waals surface area contributed by atoms with Gasteiger partial charge in [-0.1, -0.05) is 19.8 Å². The minimum Gasteiger partial charge on any atom is -0.381 e. The molecule has 0 amide bonds. The molecule has 0 aromatic heterocycles. The predicted molar refractivity (Wildman–Crippen MR) is 65.0 cm³/mol. The van der Waals surface area contributed by atoms with Crippen molar-refractivity contribution in [3.8, 4) is 0 Å². The lowest BCUT2D eigenvalue weighted by atomic mass is 10.2. The first kappa shape index (κ1) is 14.9. The average Bonchev–Trinajstić information content (AvgIpc) is 2.20. The van der Waals surface area contributed by atoms with Crippen LogP contribution in [0.15, 0.2) is 0 Å². The lowest BCUT2D eigenvalue weighted by molar-refractivity contribution is 0.0727. The normalized spacial score (nSPS) is 11.2. The zero-order chi connectivity index (χ0) is 11.4. The van der Waals surface area contributed by atoms with Gasteiger partial charge in [0.05, 0.1) is 6.10 Å².